The molecule has 1 amide bonds. The number of esters is 1. The first-order valence-electron chi connectivity index (χ1n) is 8.48. The Labute approximate surface area is 158 Å². The lowest BCUT2D eigenvalue weighted by Gasteiger charge is -2.36. The Morgan fingerprint density at radius 3 is 2.19 bits per heavy atom. The molecule has 1 aliphatic heterocycles. The number of amides is 1. The number of halogens is 1. The van der Waals surface area contributed by atoms with Gasteiger partial charge in [-0.3, -0.25) is 4.79 Å². The summed E-state index contributed by atoms with van der Waals surface area (Å²) in [6, 6.07) is 12.7. The molecule has 2 aromatic rings. The van der Waals surface area contributed by atoms with Gasteiger partial charge in [-0.15, -0.1) is 0 Å². The van der Waals surface area contributed by atoms with Gasteiger partial charge in [-0.25, -0.2) is 4.79 Å². The molecule has 1 heterocycles. The Balaban J connectivity index is 1.69. The van der Waals surface area contributed by atoms with Crippen molar-refractivity contribution >= 4 is 29.2 Å². The average molecular weight is 373 g/mol. The Morgan fingerprint density at radius 1 is 0.962 bits per heavy atom. The van der Waals surface area contributed by atoms with E-state index in [2.05, 4.69) is 4.90 Å². The summed E-state index contributed by atoms with van der Waals surface area (Å²) in [5, 5.41) is 0.580. The number of carbonyl (C=O) groups is 2. The molecule has 136 valence electrons. The molecule has 0 bridgehead atoms. The maximum absolute atomic E-state index is 12.6. The van der Waals surface area contributed by atoms with Gasteiger partial charge in [0.25, 0.3) is 5.91 Å². The predicted octanol–water partition coefficient (Wildman–Crippen LogP) is 3.40. The molecule has 0 atom stereocenters. The first-order valence-corrected chi connectivity index (χ1v) is 8.86. The zero-order valence-corrected chi connectivity index (χ0v) is 15.6. The van der Waals surface area contributed by atoms with Crippen LogP contribution in [0.5, 0.6) is 0 Å². The number of piperazine rings is 1. The van der Waals surface area contributed by atoms with Crippen molar-refractivity contribution in [3.8, 4) is 0 Å². The van der Waals surface area contributed by atoms with Gasteiger partial charge in [0.05, 0.1) is 23.4 Å². The highest BCUT2D eigenvalue weighted by atomic mass is 35.5. The summed E-state index contributed by atoms with van der Waals surface area (Å²) in [4.78, 5) is 28.3. The van der Waals surface area contributed by atoms with Crippen LogP contribution in [0.2, 0.25) is 5.02 Å². The van der Waals surface area contributed by atoms with Crippen LogP contribution in [-0.4, -0.2) is 50.1 Å². The van der Waals surface area contributed by atoms with Crippen LogP contribution in [0.4, 0.5) is 5.69 Å². The molecule has 0 unspecified atom stereocenters. The third-order valence-corrected chi connectivity index (χ3v) is 4.89. The fourth-order valence-electron chi connectivity index (χ4n) is 3.03. The molecule has 0 saturated carbocycles. The van der Waals surface area contributed by atoms with E-state index in [-0.39, 0.29) is 5.91 Å². The largest absolute Gasteiger partial charge is 0.465 e. The Hall–Kier alpha value is -2.53. The number of anilines is 1. The fraction of sp³-hybridized carbons (Fsp3) is 0.300. The first-order chi connectivity index (χ1) is 12.5. The van der Waals surface area contributed by atoms with Crippen LogP contribution in [0.15, 0.2) is 42.5 Å². The second kappa shape index (κ2) is 7.79. The van der Waals surface area contributed by atoms with Gasteiger partial charge >= 0.3 is 5.97 Å². The highest BCUT2D eigenvalue weighted by Gasteiger charge is 2.24. The quantitative estimate of drug-likeness (QED) is 0.775. The number of hydrogen-bond donors (Lipinski definition) is 0. The summed E-state index contributed by atoms with van der Waals surface area (Å²) >= 11 is 6.31. The van der Waals surface area contributed by atoms with Gasteiger partial charge in [0.2, 0.25) is 0 Å². The molecule has 0 aliphatic carbocycles. The van der Waals surface area contributed by atoms with E-state index in [0.29, 0.717) is 42.3 Å². The van der Waals surface area contributed by atoms with Gasteiger partial charge in [0.1, 0.15) is 0 Å². The van der Waals surface area contributed by atoms with Gasteiger partial charge < -0.3 is 14.5 Å². The van der Waals surface area contributed by atoms with Gasteiger partial charge in [0, 0.05) is 31.7 Å². The summed E-state index contributed by atoms with van der Waals surface area (Å²) in [7, 11) is 1.35. The average Bonchev–Trinajstić information content (AvgIpc) is 2.68. The highest BCUT2D eigenvalue weighted by molar-refractivity contribution is 6.33. The zero-order chi connectivity index (χ0) is 18.7. The Bertz CT molecular complexity index is 812. The third kappa shape index (κ3) is 3.83. The summed E-state index contributed by atoms with van der Waals surface area (Å²) in [6.07, 6.45) is 0. The molecule has 1 fully saturated rings. The van der Waals surface area contributed by atoms with Crippen LogP contribution in [0.3, 0.4) is 0 Å². The second-order valence-corrected chi connectivity index (χ2v) is 6.71. The number of aryl methyl sites for hydroxylation is 1. The monoisotopic (exact) mass is 372 g/mol. The van der Waals surface area contributed by atoms with Crippen molar-refractivity contribution < 1.29 is 14.3 Å². The second-order valence-electron chi connectivity index (χ2n) is 6.30. The molecule has 0 aromatic heterocycles. The van der Waals surface area contributed by atoms with E-state index < -0.39 is 5.97 Å². The van der Waals surface area contributed by atoms with E-state index in [1.54, 1.807) is 18.2 Å². The molecule has 6 heteroatoms. The van der Waals surface area contributed by atoms with E-state index in [9.17, 15) is 9.59 Å². The molecule has 5 nitrogen and oxygen atoms in total. The molecule has 26 heavy (non-hydrogen) atoms. The normalized spacial score (nSPS) is 14.3. The lowest BCUT2D eigenvalue weighted by Crippen LogP contribution is -2.48. The van der Waals surface area contributed by atoms with Crippen LogP contribution < -0.4 is 4.90 Å². The summed E-state index contributed by atoms with van der Waals surface area (Å²) in [5.41, 5.74) is 3.09. The smallest absolute Gasteiger partial charge is 0.337 e. The fourth-order valence-corrected chi connectivity index (χ4v) is 3.27. The summed E-state index contributed by atoms with van der Waals surface area (Å²) in [5.74, 6) is -0.352. The molecule has 3 rings (SSSR count). The summed E-state index contributed by atoms with van der Waals surface area (Å²) < 4.78 is 4.77. The molecule has 1 aliphatic rings. The molecular weight excluding hydrogens is 352 g/mol. The maximum Gasteiger partial charge on any atom is 0.337 e. The van der Waals surface area contributed by atoms with Gasteiger partial charge in [-0.2, -0.15) is 0 Å². The molecule has 0 radical (unpaired) electrons. The number of methoxy groups -OCH3 is 1. The topological polar surface area (TPSA) is 49.9 Å². The zero-order valence-electron chi connectivity index (χ0n) is 14.9. The lowest BCUT2D eigenvalue weighted by atomic mass is 10.1. The minimum Gasteiger partial charge on any atom is -0.465 e. The van der Waals surface area contributed by atoms with Crippen LogP contribution in [0.25, 0.3) is 0 Å². The SMILES string of the molecule is COC(=O)c1ccc(Cl)c(N2CCN(C(=O)c3ccc(C)cc3)CC2)c1. The van der Waals surface area contributed by atoms with Crippen LogP contribution >= 0.6 is 11.6 Å². The van der Waals surface area contributed by atoms with E-state index in [4.69, 9.17) is 16.3 Å². The molecule has 2 aromatic carbocycles. The van der Waals surface area contributed by atoms with Crippen molar-refractivity contribution in [2.45, 2.75) is 6.92 Å². The van der Waals surface area contributed by atoms with Crippen molar-refractivity contribution in [2.75, 3.05) is 38.2 Å². The number of rotatable bonds is 3. The van der Waals surface area contributed by atoms with E-state index in [0.717, 1.165) is 11.3 Å². The van der Waals surface area contributed by atoms with Crippen molar-refractivity contribution in [3.05, 3.63) is 64.2 Å². The van der Waals surface area contributed by atoms with Gasteiger partial charge in [-0.1, -0.05) is 29.3 Å². The number of ether oxygens (including phenoxy) is 1. The maximum atomic E-state index is 12.6. The Morgan fingerprint density at radius 2 is 1.58 bits per heavy atom. The van der Waals surface area contributed by atoms with Crippen molar-refractivity contribution in [1.29, 1.82) is 0 Å². The summed E-state index contributed by atoms with van der Waals surface area (Å²) in [6.45, 7) is 4.51. The predicted molar refractivity (Wildman–Crippen MR) is 102 cm³/mol. The third-order valence-electron chi connectivity index (χ3n) is 4.57. The molecular formula is C20H21ClN2O3. The first kappa shape index (κ1) is 18.3. The number of carbonyl (C=O) groups excluding carboxylic acids is 2. The van der Waals surface area contributed by atoms with Crippen LogP contribution in [-0.2, 0) is 4.74 Å². The van der Waals surface area contributed by atoms with E-state index in [1.807, 2.05) is 36.1 Å². The lowest BCUT2D eigenvalue weighted by molar-refractivity contribution is 0.0600. The minimum absolute atomic E-state index is 0.0408. The standard InChI is InChI=1S/C20H21ClN2O3/c1-14-3-5-15(6-4-14)19(24)23-11-9-22(10-12-23)18-13-16(20(25)26-2)7-8-17(18)21/h3-8,13H,9-12H2,1-2H3. The minimum atomic E-state index is -0.392. The van der Waals surface area contributed by atoms with Crippen molar-refractivity contribution in [1.82, 2.24) is 4.90 Å². The number of benzene rings is 2. The Kier molecular flexibility index (Phi) is 5.47. The van der Waals surface area contributed by atoms with Crippen molar-refractivity contribution in [3.63, 3.8) is 0 Å². The van der Waals surface area contributed by atoms with Crippen molar-refractivity contribution in [2.24, 2.45) is 0 Å². The highest BCUT2D eigenvalue weighted by Crippen LogP contribution is 2.28. The number of hydrogen-bond acceptors (Lipinski definition) is 4. The van der Waals surface area contributed by atoms with Crippen LogP contribution in [0.1, 0.15) is 26.3 Å². The number of nitrogens with zero attached hydrogens (tertiary/aromatic N) is 2. The molecule has 1 saturated heterocycles. The molecule has 0 N–H and O–H groups in total. The van der Waals surface area contributed by atoms with Gasteiger partial charge in [-0.05, 0) is 37.3 Å². The van der Waals surface area contributed by atoms with Crippen LogP contribution in [0, 0.1) is 6.92 Å². The van der Waals surface area contributed by atoms with E-state index >= 15 is 0 Å². The molecule has 0 spiro atoms. The van der Waals surface area contributed by atoms with Gasteiger partial charge in [0.15, 0.2) is 0 Å². The van der Waals surface area contributed by atoms with E-state index in [1.165, 1.54) is 7.11 Å².